The molecule has 38 heavy (non-hydrogen) atoms. The molecule has 0 aromatic heterocycles. The Morgan fingerprint density at radius 1 is 0.895 bits per heavy atom. The Morgan fingerprint density at radius 3 is 2.29 bits per heavy atom. The zero-order valence-electron chi connectivity index (χ0n) is 22.8. The number of benzene rings is 3. The van der Waals surface area contributed by atoms with Gasteiger partial charge in [0.15, 0.2) is 0 Å². The molecule has 0 aliphatic carbocycles. The van der Waals surface area contributed by atoms with Gasteiger partial charge in [-0.3, -0.25) is 9.59 Å². The van der Waals surface area contributed by atoms with Crippen molar-refractivity contribution in [1.82, 2.24) is 10.2 Å². The number of nitrogens with one attached hydrogen (secondary N) is 1. The molecule has 0 fully saturated rings. The number of carbonyl (C=O) groups excluding carboxylic acids is 2. The van der Waals surface area contributed by atoms with Gasteiger partial charge in [-0.05, 0) is 55.2 Å². The van der Waals surface area contributed by atoms with E-state index >= 15 is 0 Å². The minimum atomic E-state index is -0.607. The lowest BCUT2D eigenvalue weighted by atomic mass is 10.0. The fraction of sp³-hybridized carbons (Fsp3) is 0.375. The highest BCUT2D eigenvalue weighted by atomic mass is 16.5. The van der Waals surface area contributed by atoms with Crippen LogP contribution in [0.25, 0.3) is 0 Å². The van der Waals surface area contributed by atoms with E-state index in [0.29, 0.717) is 32.5 Å². The first-order chi connectivity index (χ1) is 18.5. The fourth-order valence-electron chi connectivity index (χ4n) is 4.30. The van der Waals surface area contributed by atoms with Crippen molar-refractivity contribution in [3.63, 3.8) is 0 Å². The van der Waals surface area contributed by atoms with E-state index in [1.54, 1.807) is 12.0 Å². The van der Waals surface area contributed by atoms with Crippen LogP contribution < -0.4 is 14.8 Å². The smallest absolute Gasteiger partial charge is 0.243 e. The molecule has 3 aromatic carbocycles. The van der Waals surface area contributed by atoms with Crippen LogP contribution in [0.3, 0.4) is 0 Å². The van der Waals surface area contributed by atoms with E-state index < -0.39 is 6.04 Å². The predicted molar refractivity (Wildman–Crippen MR) is 151 cm³/mol. The van der Waals surface area contributed by atoms with Crippen LogP contribution in [0, 0.1) is 6.92 Å². The average Bonchev–Trinajstić information content (AvgIpc) is 2.94. The monoisotopic (exact) mass is 516 g/mol. The number of methoxy groups -OCH3 is 1. The van der Waals surface area contributed by atoms with Gasteiger partial charge in [-0.25, -0.2) is 0 Å². The van der Waals surface area contributed by atoms with Crippen LogP contribution in [0.5, 0.6) is 11.5 Å². The summed E-state index contributed by atoms with van der Waals surface area (Å²) in [5.41, 5.74) is 3.15. The van der Waals surface area contributed by atoms with Crippen molar-refractivity contribution in [1.29, 1.82) is 0 Å². The molecule has 2 amide bonds. The molecule has 0 aliphatic heterocycles. The van der Waals surface area contributed by atoms with Crippen molar-refractivity contribution in [3.05, 3.63) is 95.6 Å². The molecule has 0 heterocycles. The van der Waals surface area contributed by atoms with Crippen LogP contribution in [0.2, 0.25) is 0 Å². The maximum absolute atomic E-state index is 13.7. The maximum atomic E-state index is 13.7. The van der Waals surface area contributed by atoms with Gasteiger partial charge in [0.25, 0.3) is 0 Å². The van der Waals surface area contributed by atoms with Gasteiger partial charge in [0.1, 0.15) is 17.5 Å². The summed E-state index contributed by atoms with van der Waals surface area (Å²) >= 11 is 0. The highest BCUT2D eigenvalue weighted by Gasteiger charge is 2.30. The molecule has 202 valence electrons. The minimum Gasteiger partial charge on any atom is -0.497 e. The van der Waals surface area contributed by atoms with Gasteiger partial charge in [-0.2, -0.15) is 0 Å². The quantitative estimate of drug-likeness (QED) is 0.262. The summed E-state index contributed by atoms with van der Waals surface area (Å²) in [4.78, 5) is 28.9. The molecule has 3 aromatic rings. The molecule has 0 saturated carbocycles. The first-order valence-corrected chi connectivity index (χ1v) is 13.4. The van der Waals surface area contributed by atoms with Gasteiger partial charge in [0.05, 0.1) is 13.7 Å². The van der Waals surface area contributed by atoms with E-state index in [1.807, 2.05) is 79.7 Å². The van der Waals surface area contributed by atoms with E-state index in [2.05, 4.69) is 18.3 Å². The zero-order valence-corrected chi connectivity index (χ0v) is 22.8. The molecule has 6 heteroatoms. The van der Waals surface area contributed by atoms with Crippen molar-refractivity contribution < 1.29 is 19.1 Å². The van der Waals surface area contributed by atoms with Crippen LogP contribution in [-0.4, -0.2) is 43.0 Å². The normalized spacial score (nSPS) is 11.4. The summed E-state index contributed by atoms with van der Waals surface area (Å²) in [5, 5.41) is 3.07. The molecular weight excluding hydrogens is 476 g/mol. The molecule has 0 bridgehead atoms. The van der Waals surface area contributed by atoms with Crippen LogP contribution >= 0.6 is 0 Å². The lowest BCUT2D eigenvalue weighted by molar-refractivity contribution is -0.141. The second kappa shape index (κ2) is 15.5. The standard InChI is InChI=1S/C32H40N2O4/c1-4-5-20-33-32(36)30(23-26-12-7-6-8-13-26)34(24-27-14-9-11-25(2)22-27)31(35)15-10-21-38-29-18-16-28(37-3)17-19-29/h6-9,11-14,16-19,22,30H,4-5,10,15,20-21,23-24H2,1-3H3,(H,33,36). The van der Waals surface area contributed by atoms with Crippen molar-refractivity contribution in [3.8, 4) is 11.5 Å². The predicted octanol–water partition coefficient (Wildman–Crippen LogP) is 5.72. The van der Waals surface area contributed by atoms with Gasteiger partial charge < -0.3 is 19.7 Å². The Morgan fingerprint density at radius 2 is 1.61 bits per heavy atom. The second-order valence-electron chi connectivity index (χ2n) is 9.49. The summed E-state index contributed by atoms with van der Waals surface area (Å²) < 4.78 is 11.0. The highest BCUT2D eigenvalue weighted by Crippen LogP contribution is 2.19. The first-order valence-electron chi connectivity index (χ1n) is 13.4. The average molecular weight is 517 g/mol. The van der Waals surface area contributed by atoms with Crippen molar-refractivity contribution in [2.24, 2.45) is 0 Å². The highest BCUT2D eigenvalue weighted by molar-refractivity contribution is 5.88. The van der Waals surface area contributed by atoms with Crippen LogP contribution in [-0.2, 0) is 22.6 Å². The summed E-state index contributed by atoms with van der Waals surface area (Å²) in [6.07, 6.45) is 3.18. The third kappa shape index (κ3) is 9.25. The second-order valence-corrected chi connectivity index (χ2v) is 9.49. The molecular formula is C32H40N2O4. The summed E-state index contributed by atoms with van der Waals surface area (Å²) in [6, 6.07) is 24.8. The molecule has 0 saturated heterocycles. The third-order valence-electron chi connectivity index (χ3n) is 6.40. The SMILES string of the molecule is CCCCNC(=O)C(Cc1ccccc1)N(Cc1cccc(C)c1)C(=O)CCCOc1ccc(OC)cc1. The van der Waals surface area contributed by atoms with Crippen molar-refractivity contribution in [2.45, 2.75) is 58.5 Å². The number of amides is 2. The first kappa shape index (κ1) is 28.8. The van der Waals surface area contributed by atoms with Gasteiger partial charge in [0, 0.05) is 25.9 Å². The van der Waals surface area contributed by atoms with E-state index in [4.69, 9.17) is 9.47 Å². The van der Waals surface area contributed by atoms with Crippen molar-refractivity contribution >= 4 is 11.8 Å². The van der Waals surface area contributed by atoms with Gasteiger partial charge in [-0.15, -0.1) is 0 Å². The molecule has 1 unspecified atom stereocenters. The van der Waals surface area contributed by atoms with E-state index in [9.17, 15) is 9.59 Å². The third-order valence-corrected chi connectivity index (χ3v) is 6.40. The molecule has 0 aliphatic rings. The molecule has 1 N–H and O–H groups in total. The Hall–Kier alpha value is -3.80. The molecule has 3 rings (SSSR count). The summed E-state index contributed by atoms with van der Waals surface area (Å²) in [6.45, 7) is 5.50. The largest absolute Gasteiger partial charge is 0.497 e. The zero-order chi connectivity index (χ0) is 27.2. The lowest BCUT2D eigenvalue weighted by Gasteiger charge is -2.32. The van der Waals surface area contributed by atoms with Crippen LogP contribution in [0.1, 0.15) is 49.3 Å². The Bertz CT molecular complexity index is 1130. The number of ether oxygens (including phenoxy) is 2. The number of hydrogen-bond donors (Lipinski definition) is 1. The number of carbonyl (C=O) groups is 2. The molecule has 1 atom stereocenters. The number of rotatable bonds is 15. The minimum absolute atomic E-state index is 0.0589. The number of unbranched alkanes of at least 4 members (excludes halogenated alkanes) is 1. The molecule has 6 nitrogen and oxygen atoms in total. The van der Waals surface area contributed by atoms with Crippen LogP contribution in [0.4, 0.5) is 0 Å². The number of aryl methyl sites for hydroxylation is 1. The summed E-state index contributed by atoms with van der Waals surface area (Å²) in [7, 11) is 1.62. The number of hydrogen-bond acceptors (Lipinski definition) is 4. The topological polar surface area (TPSA) is 67.9 Å². The fourth-order valence-corrected chi connectivity index (χ4v) is 4.30. The van der Waals surface area contributed by atoms with E-state index in [-0.39, 0.29) is 18.2 Å². The maximum Gasteiger partial charge on any atom is 0.243 e. The van der Waals surface area contributed by atoms with Gasteiger partial charge in [0.2, 0.25) is 11.8 Å². The van der Waals surface area contributed by atoms with E-state index in [0.717, 1.165) is 41.0 Å². The van der Waals surface area contributed by atoms with Crippen LogP contribution in [0.15, 0.2) is 78.9 Å². The molecule has 0 spiro atoms. The number of nitrogens with zero attached hydrogens (tertiary/aromatic N) is 1. The Balaban J connectivity index is 1.75. The summed E-state index contributed by atoms with van der Waals surface area (Å²) in [5.74, 6) is 1.32. The van der Waals surface area contributed by atoms with Gasteiger partial charge >= 0.3 is 0 Å². The lowest BCUT2D eigenvalue weighted by Crippen LogP contribution is -2.50. The Kier molecular flexibility index (Phi) is 11.7. The molecule has 0 radical (unpaired) electrons. The van der Waals surface area contributed by atoms with Crippen molar-refractivity contribution in [2.75, 3.05) is 20.3 Å². The van der Waals surface area contributed by atoms with E-state index in [1.165, 1.54) is 0 Å². The Labute approximate surface area is 227 Å². The van der Waals surface area contributed by atoms with Gasteiger partial charge in [-0.1, -0.05) is 73.5 Å².